The fourth-order valence-electron chi connectivity index (χ4n) is 3.98. The lowest BCUT2D eigenvalue weighted by molar-refractivity contribution is -0.139. The molecule has 0 aliphatic rings. The summed E-state index contributed by atoms with van der Waals surface area (Å²) in [5.74, 6) is -1.27. The largest absolute Gasteiger partial charge is 0.416 e. The van der Waals surface area contributed by atoms with Gasteiger partial charge in [0.15, 0.2) is 0 Å². The van der Waals surface area contributed by atoms with Crippen molar-refractivity contribution in [1.82, 2.24) is 10.2 Å². The maximum Gasteiger partial charge on any atom is 0.416 e. The van der Waals surface area contributed by atoms with Gasteiger partial charge in [0.2, 0.25) is 11.8 Å². The Kier molecular flexibility index (Phi) is 10.1. The third kappa shape index (κ3) is 8.23. The minimum atomic E-state index is -4.75. The van der Waals surface area contributed by atoms with Gasteiger partial charge in [-0.25, -0.2) is 8.42 Å². The second-order valence-electron chi connectivity index (χ2n) is 9.86. The standard InChI is InChI=1S/C29H31ClF3N3O4S/c1-19(2)34-28(38)21(4)35(17-22-10-12-24(30)13-11-22)27(37)18-36(25-7-5-6-23(16-25)29(31,32)33)41(39,40)26-14-8-20(3)9-15-26/h5-16,19,21H,17-18H2,1-4H3,(H,34,38)/t21-/m1/s1. The minimum Gasteiger partial charge on any atom is -0.352 e. The van der Waals surface area contributed by atoms with Gasteiger partial charge in [0.1, 0.15) is 12.6 Å². The lowest BCUT2D eigenvalue weighted by Gasteiger charge is -2.32. The molecule has 1 atom stereocenters. The summed E-state index contributed by atoms with van der Waals surface area (Å²) in [4.78, 5) is 27.7. The number of hydrogen-bond donors (Lipinski definition) is 1. The summed E-state index contributed by atoms with van der Waals surface area (Å²) in [6, 6.07) is 14.7. The van der Waals surface area contributed by atoms with E-state index in [2.05, 4.69) is 5.32 Å². The summed E-state index contributed by atoms with van der Waals surface area (Å²) in [7, 11) is -4.50. The molecule has 2 amide bonds. The first-order chi connectivity index (χ1) is 19.1. The van der Waals surface area contributed by atoms with Crippen LogP contribution in [0.2, 0.25) is 5.02 Å². The Hall–Kier alpha value is -3.57. The van der Waals surface area contributed by atoms with Crippen molar-refractivity contribution < 1.29 is 31.2 Å². The third-order valence-electron chi connectivity index (χ3n) is 6.21. The van der Waals surface area contributed by atoms with Crippen molar-refractivity contribution in [3.63, 3.8) is 0 Å². The Balaban J connectivity index is 2.09. The van der Waals surface area contributed by atoms with E-state index in [4.69, 9.17) is 11.6 Å². The zero-order valence-electron chi connectivity index (χ0n) is 22.9. The van der Waals surface area contributed by atoms with Crippen LogP contribution in [0.4, 0.5) is 18.9 Å². The highest BCUT2D eigenvalue weighted by Crippen LogP contribution is 2.33. The molecule has 0 heterocycles. The van der Waals surface area contributed by atoms with Crippen LogP contribution in [-0.2, 0) is 32.3 Å². The number of hydrogen-bond acceptors (Lipinski definition) is 4. The van der Waals surface area contributed by atoms with Crippen LogP contribution in [0.1, 0.15) is 37.5 Å². The first-order valence-corrected chi connectivity index (χ1v) is 14.5. The molecule has 0 saturated carbocycles. The lowest BCUT2D eigenvalue weighted by atomic mass is 10.1. The molecule has 0 aliphatic heterocycles. The molecule has 220 valence electrons. The average Bonchev–Trinajstić information content (AvgIpc) is 2.90. The van der Waals surface area contributed by atoms with Crippen LogP contribution in [0.5, 0.6) is 0 Å². The van der Waals surface area contributed by atoms with Gasteiger partial charge in [0.05, 0.1) is 16.1 Å². The third-order valence-corrected chi connectivity index (χ3v) is 8.25. The van der Waals surface area contributed by atoms with Crippen LogP contribution in [-0.4, -0.2) is 43.8 Å². The number of amides is 2. The van der Waals surface area contributed by atoms with Crippen molar-refractivity contribution in [3.8, 4) is 0 Å². The number of carbonyl (C=O) groups is 2. The first-order valence-electron chi connectivity index (χ1n) is 12.7. The molecule has 0 radical (unpaired) electrons. The topological polar surface area (TPSA) is 86.8 Å². The minimum absolute atomic E-state index is 0.0797. The van der Waals surface area contributed by atoms with E-state index in [0.29, 0.717) is 21.0 Å². The number of nitrogens with one attached hydrogen (secondary N) is 1. The van der Waals surface area contributed by atoms with Crippen molar-refractivity contribution in [2.24, 2.45) is 0 Å². The Bertz CT molecular complexity index is 1480. The second kappa shape index (κ2) is 12.9. The number of aryl methyl sites for hydroxylation is 1. The number of alkyl halides is 3. The molecule has 0 bridgehead atoms. The van der Waals surface area contributed by atoms with Crippen LogP contribution in [0, 0.1) is 6.92 Å². The van der Waals surface area contributed by atoms with Gasteiger partial charge < -0.3 is 10.2 Å². The maximum atomic E-state index is 13.8. The summed E-state index contributed by atoms with van der Waals surface area (Å²) in [6.07, 6.45) is -4.75. The van der Waals surface area contributed by atoms with E-state index in [0.717, 1.165) is 17.7 Å². The Morgan fingerprint density at radius 2 is 1.56 bits per heavy atom. The van der Waals surface area contributed by atoms with Gasteiger partial charge >= 0.3 is 6.18 Å². The van der Waals surface area contributed by atoms with Gasteiger partial charge in [0.25, 0.3) is 10.0 Å². The van der Waals surface area contributed by atoms with Gasteiger partial charge in [-0.3, -0.25) is 13.9 Å². The van der Waals surface area contributed by atoms with E-state index in [-0.39, 0.29) is 23.2 Å². The quantitative estimate of drug-likeness (QED) is 0.315. The van der Waals surface area contributed by atoms with Crippen molar-refractivity contribution in [1.29, 1.82) is 0 Å². The number of carbonyl (C=O) groups excluding carboxylic acids is 2. The molecule has 0 unspecified atom stereocenters. The zero-order chi connectivity index (χ0) is 30.5. The van der Waals surface area contributed by atoms with Crippen LogP contribution in [0.25, 0.3) is 0 Å². The molecule has 3 rings (SSSR count). The van der Waals surface area contributed by atoms with E-state index in [9.17, 15) is 31.2 Å². The molecule has 3 aromatic carbocycles. The number of benzene rings is 3. The molecule has 0 fully saturated rings. The van der Waals surface area contributed by atoms with E-state index >= 15 is 0 Å². The summed E-state index contributed by atoms with van der Waals surface area (Å²) in [5, 5.41) is 3.19. The number of sulfonamides is 1. The van der Waals surface area contributed by atoms with Crippen LogP contribution in [0.3, 0.4) is 0 Å². The van der Waals surface area contributed by atoms with Gasteiger partial charge in [0, 0.05) is 17.6 Å². The van der Waals surface area contributed by atoms with Gasteiger partial charge in [-0.1, -0.05) is 47.5 Å². The molecule has 12 heteroatoms. The predicted octanol–water partition coefficient (Wildman–Crippen LogP) is 5.80. The Labute approximate surface area is 243 Å². The monoisotopic (exact) mass is 609 g/mol. The van der Waals surface area contributed by atoms with Gasteiger partial charge in [-0.15, -0.1) is 0 Å². The fourth-order valence-corrected chi connectivity index (χ4v) is 5.51. The number of anilines is 1. The van der Waals surface area contributed by atoms with Crippen molar-refractivity contribution >= 4 is 39.1 Å². The van der Waals surface area contributed by atoms with E-state index in [1.54, 1.807) is 57.2 Å². The molecule has 3 aromatic rings. The van der Waals surface area contributed by atoms with Crippen molar-refractivity contribution in [3.05, 3.63) is 94.5 Å². The number of halogens is 4. The molecule has 7 nitrogen and oxygen atoms in total. The Morgan fingerprint density at radius 3 is 2.12 bits per heavy atom. The normalized spacial score (nSPS) is 12.6. The van der Waals surface area contributed by atoms with E-state index < -0.39 is 46.2 Å². The molecule has 0 aromatic heterocycles. The zero-order valence-corrected chi connectivity index (χ0v) is 24.5. The molecule has 0 spiro atoms. The van der Waals surface area contributed by atoms with Crippen LogP contribution >= 0.6 is 11.6 Å². The highest BCUT2D eigenvalue weighted by atomic mass is 35.5. The second-order valence-corrected chi connectivity index (χ2v) is 12.2. The molecule has 0 aliphatic carbocycles. The highest BCUT2D eigenvalue weighted by Gasteiger charge is 2.35. The van der Waals surface area contributed by atoms with Gasteiger partial charge in [-0.2, -0.15) is 13.2 Å². The molecule has 0 saturated heterocycles. The predicted molar refractivity (Wildman–Crippen MR) is 152 cm³/mol. The highest BCUT2D eigenvalue weighted by molar-refractivity contribution is 7.92. The Morgan fingerprint density at radius 1 is 0.951 bits per heavy atom. The van der Waals surface area contributed by atoms with Crippen LogP contribution < -0.4 is 9.62 Å². The average molecular weight is 610 g/mol. The SMILES string of the molecule is Cc1ccc(S(=O)(=O)N(CC(=O)N(Cc2ccc(Cl)cc2)[C@H](C)C(=O)NC(C)C)c2cccc(C(F)(F)F)c2)cc1. The lowest BCUT2D eigenvalue weighted by Crippen LogP contribution is -2.52. The molecular weight excluding hydrogens is 579 g/mol. The van der Waals surface area contributed by atoms with Crippen molar-refractivity contribution in [2.45, 2.75) is 57.4 Å². The maximum absolute atomic E-state index is 13.8. The smallest absolute Gasteiger partial charge is 0.352 e. The summed E-state index contributed by atoms with van der Waals surface area (Å²) >= 11 is 5.98. The summed E-state index contributed by atoms with van der Waals surface area (Å²) in [5.41, 5.74) is -0.0440. The van der Waals surface area contributed by atoms with E-state index in [1.807, 2.05) is 0 Å². The van der Waals surface area contributed by atoms with Crippen molar-refractivity contribution in [2.75, 3.05) is 10.8 Å². The summed E-state index contributed by atoms with van der Waals surface area (Å²) in [6.45, 7) is 5.81. The van der Waals surface area contributed by atoms with Crippen LogP contribution in [0.15, 0.2) is 77.7 Å². The molecular formula is C29H31ClF3N3O4S. The van der Waals surface area contributed by atoms with Gasteiger partial charge in [-0.05, 0) is 75.7 Å². The fraction of sp³-hybridized carbons (Fsp3) is 0.310. The number of nitrogens with zero attached hydrogens (tertiary/aromatic N) is 2. The summed E-state index contributed by atoms with van der Waals surface area (Å²) < 4.78 is 68.9. The van der Waals surface area contributed by atoms with E-state index in [1.165, 1.54) is 30.0 Å². The number of rotatable bonds is 10. The molecule has 41 heavy (non-hydrogen) atoms. The molecule has 1 N–H and O–H groups in total. The first kappa shape index (κ1) is 32.0.